The highest BCUT2D eigenvalue weighted by molar-refractivity contribution is 5.90. The number of rotatable bonds is 5. The van der Waals surface area contributed by atoms with Gasteiger partial charge in [0, 0.05) is 29.2 Å². The highest BCUT2D eigenvalue weighted by Gasteiger charge is 2.27. The Morgan fingerprint density at radius 3 is 2.55 bits per heavy atom. The van der Waals surface area contributed by atoms with E-state index in [-0.39, 0.29) is 5.76 Å². The van der Waals surface area contributed by atoms with E-state index >= 15 is 0 Å². The number of benzene rings is 1. The first-order valence-corrected chi connectivity index (χ1v) is 9.73. The van der Waals surface area contributed by atoms with E-state index in [1.165, 1.54) is 0 Å². The minimum absolute atomic E-state index is 0.107. The first-order valence-electron chi connectivity index (χ1n) is 9.73. The zero-order valence-corrected chi connectivity index (χ0v) is 17.1. The number of halogens is 3. The number of fused-ring (bicyclic) bond motifs is 1. The smallest absolute Gasteiger partial charge is 0.405 e. The first kappa shape index (κ1) is 21.9. The van der Waals surface area contributed by atoms with Crippen molar-refractivity contribution in [1.29, 1.82) is 0 Å². The molecule has 3 N–H and O–H groups in total. The Hall–Kier alpha value is -4.34. The lowest BCUT2D eigenvalue weighted by Gasteiger charge is -2.11. The van der Waals surface area contributed by atoms with Crippen molar-refractivity contribution >= 4 is 23.1 Å². The van der Waals surface area contributed by atoms with Gasteiger partial charge in [0.2, 0.25) is 0 Å². The number of nitrogens with zero attached hydrogens (tertiary/aromatic N) is 3. The number of pyridine rings is 2. The van der Waals surface area contributed by atoms with Gasteiger partial charge in [-0.25, -0.2) is 9.78 Å². The molecule has 33 heavy (non-hydrogen) atoms. The highest BCUT2D eigenvalue weighted by atomic mass is 19.4. The van der Waals surface area contributed by atoms with E-state index in [4.69, 9.17) is 0 Å². The molecule has 0 bridgehead atoms. The summed E-state index contributed by atoms with van der Waals surface area (Å²) in [4.78, 5) is 20.3. The summed E-state index contributed by atoms with van der Waals surface area (Å²) in [5.41, 5.74) is 4.57. The summed E-state index contributed by atoms with van der Waals surface area (Å²) in [6.07, 6.45) is 0.645. The predicted octanol–water partition coefficient (Wildman–Crippen LogP) is 5.28. The van der Waals surface area contributed by atoms with E-state index in [1.54, 1.807) is 48.0 Å². The van der Waals surface area contributed by atoms with Crippen LogP contribution in [0.1, 0.15) is 5.69 Å². The molecule has 168 valence electrons. The quantitative estimate of drug-likeness (QED) is 0.359. The number of aromatic nitrogens is 3. The van der Waals surface area contributed by atoms with Gasteiger partial charge in [-0.1, -0.05) is 24.8 Å². The van der Waals surface area contributed by atoms with Crippen LogP contribution in [0.3, 0.4) is 0 Å². The third-order valence-electron chi connectivity index (χ3n) is 4.77. The molecule has 0 spiro atoms. The maximum absolute atomic E-state index is 12.3. The molecule has 4 rings (SSSR count). The second-order valence-corrected chi connectivity index (χ2v) is 7.17. The molecule has 10 heteroatoms. The lowest BCUT2D eigenvalue weighted by molar-refractivity contribution is -0.122. The molecular weight excluding hydrogens is 435 g/mol. The summed E-state index contributed by atoms with van der Waals surface area (Å²) < 4.78 is 38.7. The van der Waals surface area contributed by atoms with Gasteiger partial charge in [-0.2, -0.15) is 13.2 Å². The van der Waals surface area contributed by atoms with Gasteiger partial charge in [0.05, 0.1) is 11.9 Å². The average Bonchev–Trinajstić information content (AvgIpc) is 3.21. The van der Waals surface area contributed by atoms with Gasteiger partial charge >= 0.3 is 12.2 Å². The molecule has 0 saturated heterocycles. The Bertz CT molecular complexity index is 1330. The maximum atomic E-state index is 12.3. The second-order valence-electron chi connectivity index (χ2n) is 7.17. The lowest BCUT2D eigenvalue weighted by Crippen LogP contribution is -2.36. The van der Waals surface area contributed by atoms with Crippen molar-refractivity contribution in [2.45, 2.75) is 6.18 Å². The van der Waals surface area contributed by atoms with E-state index in [1.807, 2.05) is 28.8 Å². The number of hydrogen-bond acceptors (Lipinski definition) is 4. The fourth-order valence-electron chi connectivity index (χ4n) is 3.22. The molecule has 0 aliphatic rings. The number of anilines is 1. The fourth-order valence-corrected chi connectivity index (χ4v) is 3.22. The molecule has 0 radical (unpaired) electrons. The average molecular weight is 453 g/mol. The molecule has 3 heterocycles. The van der Waals surface area contributed by atoms with Crippen LogP contribution in [0, 0.1) is 0 Å². The van der Waals surface area contributed by atoms with Crippen molar-refractivity contribution in [3.05, 3.63) is 79.4 Å². The summed E-state index contributed by atoms with van der Waals surface area (Å²) in [7, 11) is 0. The largest absolute Gasteiger partial charge is 0.506 e. The zero-order valence-electron chi connectivity index (χ0n) is 17.1. The van der Waals surface area contributed by atoms with Crippen LogP contribution in [0.5, 0.6) is 0 Å². The Morgan fingerprint density at radius 1 is 1.03 bits per heavy atom. The standard InChI is InChI=1S/C23H18F3N5O2/c1-14(32)19-6-5-17(11-27-19)15-7-8-31-20(12-28-21(31)10-15)16-3-2-4-18(9-16)30-22(33)29-13-23(24,25)26/h2-12,32H,1,13H2,(H2,29,30,33). The molecule has 2 amide bonds. The molecule has 0 unspecified atom stereocenters. The number of aliphatic hydroxyl groups excluding tert-OH is 1. The van der Waals surface area contributed by atoms with E-state index in [0.717, 1.165) is 22.4 Å². The van der Waals surface area contributed by atoms with Crippen LogP contribution in [0.15, 0.2) is 73.7 Å². The highest BCUT2D eigenvalue weighted by Crippen LogP contribution is 2.27. The summed E-state index contributed by atoms with van der Waals surface area (Å²) in [6, 6.07) is 13.0. The molecule has 0 saturated carbocycles. The Morgan fingerprint density at radius 2 is 1.85 bits per heavy atom. The van der Waals surface area contributed by atoms with Crippen molar-refractivity contribution < 1.29 is 23.1 Å². The number of carbonyl (C=O) groups excluding carboxylic acids is 1. The van der Waals surface area contributed by atoms with Gasteiger partial charge in [-0.05, 0) is 35.9 Å². The Kier molecular flexibility index (Phi) is 5.74. The van der Waals surface area contributed by atoms with Crippen molar-refractivity contribution in [3.63, 3.8) is 0 Å². The summed E-state index contributed by atoms with van der Waals surface area (Å²) in [6.45, 7) is 2.03. The van der Waals surface area contributed by atoms with Gasteiger partial charge in [0.15, 0.2) is 0 Å². The van der Waals surface area contributed by atoms with Crippen LogP contribution in [0.4, 0.5) is 23.7 Å². The lowest BCUT2D eigenvalue weighted by atomic mass is 10.1. The van der Waals surface area contributed by atoms with Crippen molar-refractivity contribution in [2.24, 2.45) is 0 Å². The van der Waals surface area contributed by atoms with Crippen LogP contribution in [0.2, 0.25) is 0 Å². The van der Waals surface area contributed by atoms with Crippen LogP contribution in [0.25, 0.3) is 33.8 Å². The zero-order chi connectivity index (χ0) is 23.6. The van der Waals surface area contributed by atoms with E-state index < -0.39 is 18.8 Å². The van der Waals surface area contributed by atoms with Crippen LogP contribution >= 0.6 is 0 Å². The number of imidazole rings is 1. The van der Waals surface area contributed by atoms with Gasteiger partial charge in [0.1, 0.15) is 23.6 Å². The predicted molar refractivity (Wildman–Crippen MR) is 119 cm³/mol. The minimum atomic E-state index is -4.49. The molecule has 7 nitrogen and oxygen atoms in total. The van der Waals surface area contributed by atoms with Crippen molar-refractivity contribution in [2.75, 3.05) is 11.9 Å². The van der Waals surface area contributed by atoms with Crippen LogP contribution < -0.4 is 10.6 Å². The monoisotopic (exact) mass is 453 g/mol. The number of alkyl halides is 3. The summed E-state index contributed by atoms with van der Waals surface area (Å²) >= 11 is 0. The molecule has 1 aromatic carbocycles. The Labute approximate surface area is 186 Å². The molecule has 3 aromatic heterocycles. The van der Waals surface area contributed by atoms with E-state index in [2.05, 4.69) is 21.9 Å². The number of carbonyl (C=O) groups is 1. The van der Waals surface area contributed by atoms with Gasteiger partial charge in [-0.15, -0.1) is 0 Å². The summed E-state index contributed by atoms with van der Waals surface area (Å²) in [5.74, 6) is -0.107. The molecule has 4 aromatic rings. The third-order valence-corrected chi connectivity index (χ3v) is 4.77. The summed E-state index contributed by atoms with van der Waals surface area (Å²) in [5, 5.41) is 13.6. The number of nitrogens with one attached hydrogen (secondary N) is 2. The molecule has 0 atom stereocenters. The van der Waals surface area contributed by atoms with E-state index in [0.29, 0.717) is 17.0 Å². The number of aliphatic hydroxyl groups is 1. The number of amides is 2. The minimum Gasteiger partial charge on any atom is -0.506 e. The fraction of sp³-hybridized carbons (Fsp3) is 0.0870. The van der Waals surface area contributed by atoms with Crippen molar-refractivity contribution in [1.82, 2.24) is 19.7 Å². The molecule has 0 aliphatic carbocycles. The molecular formula is C23H18F3N5O2. The van der Waals surface area contributed by atoms with Crippen molar-refractivity contribution in [3.8, 4) is 22.4 Å². The SMILES string of the molecule is C=C(O)c1ccc(-c2ccn3c(-c4cccc(NC(=O)NCC(F)(F)F)c4)cnc3c2)cn1. The van der Waals surface area contributed by atoms with E-state index in [9.17, 15) is 23.1 Å². The molecule has 0 fully saturated rings. The van der Waals surface area contributed by atoms with Gasteiger partial charge < -0.3 is 15.7 Å². The van der Waals surface area contributed by atoms with Gasteiger partial charge in [0.25, 0.3) is 0 Å². The number of urea groups is 1. The Balaban J connectivity index is 1.56. The normalized spacial score (nSPS) is 11.4. The van der Waals surface area contributed by atoms with Crippen LogP contribution in [-0.2, 0) is 0 Å². The second kappa shape index (κ2) is 8.65. The maximum Gasteiger partial charge on any atom is 0.405 e. The van der Waals surface area contributed by atoms with Crippen LogP contribution in [-0.4, -0.2) is 38.2 Å². The third kappa shape index (κ3) is 5.12. The first-order chi connectivity index (χ1) is 15.7. The molecule has 0 aliphatic heterocycles. The topological polar surface area (TPSA) is 91.5 Å². The number of hydrogen-bond donors (Lipinski definition) is 3. The van der Waals surface area contributed by atoms with Gasteiger partial charge in [-0.3, -0.25) is 9.38 Å².